The molecule has 2 atom stereocenters. The molecule has 0 saturated heterocycles. The standard InChI is InChI=1S/C18H24N4OS/c1-13(18(23)22-8-4-16-15(12-22)5-10-24-16)20-11-14-3-2-7-21-9-6-19-17(14)21/h5-6,9-10,13-14,20H,2-4,7-8,11-12H2,1H3/t13-,14-/m1/s1. The van der Waals surface area contributed by atoms with Gasteiger partial charge in [0.05, 0.1) is 6.04 Å². The molecule has 2 aliphatic heterocycles. The van der Waals surface area contributed by atoms with Crippen LogP contribution in [-0.2, 0) is 24.3 Å². The van der Waals surface area contributed by atoms with Crippen molar-refractivity contribution in [2.75, 3.05) is 13.1 Å². The largest absolute Gasteiger partial charge is 0.337 e. The number of imidazole rings is 1. The van der Waals surface area contributed by atoms with Gasteiger partial charge < -0.3 is 14.8 Å². The zero-order valence-electron chi connectivity index (χ0n) is 14.1. The van der Waals surface area contributed by atoms with Crippen molar-refractivity contribution in [3.8, 4) is 0 Å². The van der Waals surface area contributed by atoms with E-state index in [4.69, 9.17) is 0 Å². The molecule has 0 saturated carbocycles. The molecule has 4 rings (SSSR count). The smallest absolute Gasteiger partial charge is 0.239 e. The van der Waals surface area contributed by atoms with Gasteiger partial charge in [-0.3, -0.25) is 4.79 Å². The molecule has 4 heterocycles. The summed E-state index contributed by atoms with van der Waals surface area (Å²) in [6.07, 6.45) is 7.26. The van der Waals surface area contributed by atoms with Crippen LogP contribution >= 0.6 is 11.3 Å². The maximum Gasteiger partial charge on any atom is 0.239 e. The molecule has 6 heteroatoms. The third-order valence-electron chi connectivity index (χ3n) is 5.22. The minimum atomic E-state index is -0.143. The summed E-state index contributed by atoms with van der Waals surface area (Å²) in [6.45, 7) is 5.48. The van der Waals surface area contributed by atoms with Gasteiger partial charge in [-0.2, -0.15) is 0 Å². The number of nitrogens with one attached hydrogen (secondary N) is 1. The SMILES string of the molecule is C[C@@H](NC[C@H]1CCCn2ccnc21)C(=O)N1CCc2sccc2C1. The van der Waals surface area contributed by atoms with E-state index in [9.17, 15) is 4.79 Å². The van der Waals surface area contributed by atoms with Crippen molar-refractivity contribution in [1.29, 1.82) is 0 Å². The van der Waals surface area contributed by atoms with Crippen LogP contribution in [0.3, 0.4) is 0 Å². The first-order valence-corrected chi connectivity index (χ1v) is 9.69. The molecular weight excluding hydrogens is 320 g/mol. The maximum atomic E-state index is 12.7. The van der Waals surface area contributed by atoms with E-state index >= 15 is 0 Å². The number of rotatable bonds is 4. The van der Waals surface area contributed by atoms with Crippen LogP contribution in [0.25, 0.3) is 0 Å². The van der Waals surface area contributed by atoms with Gasteiger partial charge in [0.15, 0.2) is 0 Å². The number of carbonyl (C=O) groups is 1. The highest BCUT2D eigenvalue weighted by Crippen LogP contribution is 2.26. The lowest BCUT2D eigenvalue weighted by Crippen LogP contribution is -2.47. The second kappa shape index (κ2) is 6.69. The van der Waals surface area contributed by atoms with Crippen molar-refractivity contribution in [2.45, 2.75) is 51.2 Å². The molecule has 24 heavy (non-hydrogen) atoms. The van der Waals surface area contributed by atoms with E-state index in [0.717, 1.165) is 44.8 Å². The highest BCUT2D eigenvalue weighted by molar-refractivity contribution is 7.10. The van der Waals surface area contributed by atoms with Crippen molar-refractivity contribution in [3.63, 3.8) is 0 Å². The van der Waals surface area contributed by atoms with Gasteiger partial charge in [0.1, 0.15) is 5.82 Å². The third kappa shape index (κ3) is 3.00. The molecule has 2 aliphatic rings. The Morgan fingerprint density at radius 2 is 2.42 bits per heavy atom. The summed E-state index contributed by atoms with van der Waals surface area (Å²) in [6, 6.07) is 2.01. The van der Waals surface area contributed by atoms with E-state index in [2.05, 4.69) is 32.5 Å². The molecule has 0 bridgehead atoms. The second-order valence-electron chi connectivity index (χ2n) is 6.83. The summed E-state index contributed by atoms with van der Waals surface area (Å²) in [5.74, 6) is 1.79. The van der Waals surface area contributed by atoms with Crippen LogP contribution < -0.4 is 5.32 Å². The van der Waals surface area contributed by atoms with Gasteiger partial charge >= 0.3 is 0 Å². The second-order valence-corrected chi connectivity index (χ2v) is 7.83. The number of fused-ring (bicyclic) bond motifs is 2. The fourth-order valence-electron chi connectivity index (χ4n) is 3.82. The Balaban J connectivity index is 1.34. The minimum absolute atomic E-state index is 0.143. The first kappa shape index (κ1) is 15.8. The van der Waals surface area contributed by atoms with Crippen molar-refractivity contribution >= 4 is 17.2 Å². The monoisotopic (exact) mass is 344 g/mol. The fraction of sp³-hybridized carbons (Fsp3) is 0.556. The van der Waals surface area contributed by atoms with Crippen LogP contribution in [0.4, 0.5) is 0 Å². The molecule has 1 amide bonds. The predicted molar refractivity (Wildman–Crippen MR) is 95.1 cm³/mol. The van der Waals surface area contributed by atoms with Crippen LogP contribution in [0.1, 0.15) is 41.9 Å². The lowest BCUT2D eigenvalue weighted by atomic mass is 9.98. The van der Waals surface area contributed by atoms with Crippen LogP contribution in [-0.4, -0.2) is 39.5 Å². The van der Waals surface area contributed by atoms with E-state index < -0.39 is 0 Å². The Morgan fingerprint density at radius 3 is 3.33 bits per heavy atom. The van der Waals surface area contributed by atoms with Gasteiger partial charge in [0.25, 0.3) is 0 Å². The molecule has 0 unspecified atom stereocenters. The Bertz CT molecular complexity index is 722. The van der Waals surface area contributed by atoms with E-state index in [1.54, 1.807) is 0 Å². The normalized spacial score (nSPS) is 21.2. The molecule has 0 aliphatic carbocycles. The highest BCUT2D eigenvalue weighted by Gasteiger charge is 2.27. The number of amides is 1. The summed E-state index contributed by atoms with van der Waals surface area (Å²) in [4.78, 5) is 20.7. The first-order valence-electron chi connectivity index (χ1n) is 8.81. The maximum absolute atomic E-state index is 12.7. The van der Waals surface area contributed by atoms with Crippen LogP contribution in [0.15, 0.2) is 23.8 Å². The lowest BCUT2D eigenvalue weighted by Gasteiger charge is -2.31. The van der Waals surface area contributed by atoms with E-state index in [-0.39, 0.29) is 11.9 Å². The average Bonchev–Trinajstić information content (AvgIpc) is 3.26. The molecule has 0 aromatic carbocycles. The van der Waals surface area contributed by atoms with Crippen molar-refractivity contribution in [3.05, 3.63) is 40.1 Å². The highest BCUT2D eigenvalue weighted by atomic mass is 32.1. The fourth-order valence-corrected chi connectivity index (χ4v) is 4.71. The first-order chi connectivity index (χ1) is 11.7. The summed E-state index contributed by atoms with van der Waals surface area (Å²) in [7, 11) is 0. The lowest BCUT2D eigenvalue weighted by molar-refractivity contribution is -0.134. The summed E-state index contributed by atoms with van der Waals surface area (Å²) in [5.41, 5.74) is 1.32. The summed E-state index contributed by atoms with van der Waals surface area (Å²) in [5, 5.41) is 5.59. The van der Waals surface area contributed by atoms with Gasteiger partial charge in [0, 0.05) is 49.4 Å². The molecule has 2 aromatic heterocycles. The molecule has 128 valence electrons. The van der Waals surface area contributed by atoms with E-state index in [0.29, 0.717) is 5.92 Å². The molecule has 5 nitrogen and oxygen atoms in total. The third-order valence-corrected chi connectivity index (χ3v) is 6.25. The Kier molecular flexibility index (Phi) is 4.41. The van der Waals surface area contributed by atoms with Crippen LogP contribution in [0, 0.1) is 0 Å². The van der Waals surface area contributed by atoms with Crippen molar-refractivity contribution < 1.29 is 4.79 Å². The molecule has 0 spiro atoms. The molecule has 0 radical (unpaired) electrons. The zero-order chi connectivity index (χ0) is 16.5. The number of aryl methyl sites for hydroxylation is 1. The topological polar surface area (TPSA) is 50.2 Å². The Morgan fingerprint density at radius 1 is 1.50 bits per heavy atom. The zero-order valence-corrected chi connectivity index (χ0v) is 14.9. The summed E-state index contributed by atoms with van der Waals surface area (Å²) >= 11 is 1.81. The van der Waals surface area contributed by atoms with Gasteiger partial charge in [0.2, 0.25) is 5.91 Å². The van der Waals surface area contributed by atoms with Crippen molar-refractivity contribution in [1.82, 2.24) is 19.8 Å². The molecule has 1 N–H and O–H groups in total. The number of thiophene rings is 1. The molecule has 2 aromatic rings. The van der Waals surface area contributed by atoms with Gasteiger partial charge in [-0.05, 0) is 43.2 Å². The van der Waals surface area contributed by atoms with Crippen molar-refractivity contribution in [2.24, 2.45) is 0 Å². The molecular formula is C18H24N4OS. The Labute approximate surface area is 146 Å². The minimum Gasteiger partial charge on any atom is -0.337 e. The van der Waals surface area contributed by atoms with Gasteiger partial charge in [-0.15, -0.1) is 11.3 Å². The number of aromatic nitrogens is 2. The van der Waals surface area contributed by atoms with E-state index in [1.165, 1.54) is 16.9 Å². The van der Waals surface area contributed by atoms with E-state index in [1.807, 2.05) is 29.4 Å². The summed E-state index contributed by atoms with van der Waals surface area (Å²) < 4.78 is 2.24. The van der Waals surface area contributed by atoms with Crippen LogP contribution in [0.2, 0.25) is 0 Å². The van der Waals surface area contributed by atoms with Gasteiger partial charge in [-0.25, -0.2) is 4.98 Å². The van der Waals surface area contributed by atoms with Crippen LogP contribution in [0.5, 0.6) is 0 Å². The number of nitrogens with zero attached hydrogens (tertiary/aromatic N) is 3. The average molecular weight is 344 g/mol. The Hall–Kier alpha value is -1.66. The molecule has 0 fully saturated rings. The number of hydrogen-bond donors (Lipinski definition) is 1. The number of carbonyl (C=O) groups excluding carboxylic acids is 1. The number of hydrogen-bond acceptors (Lipinski definition) is 4. The quantitative estimate of drug-likeness (QED) is 0.926. The van der Waals surface area contributed by atoms with Gasteiger partial charge in [-0.1, -0.05) is 0 Å². The predicted octanol–water partition coefficient (Wildman–Crippen LogP) is 2.39.